The van der Waals surface area contributed by atoms with Crippen LogP contribution in [-0.4, -0.2) is 37.2 Å². The van der Waals surface area contributed by atoms with E-state index in [0.29, 0.717) is 19.3 Å². The van der Waals surface area contributed by atoms with Crippen LogP contribution in [0.5, 0.6) is 0 Å². The van der Waals surface area contributed by atoms with Gasteiger partial charge < -0.3 is 14.2 Å². The largest absolute Gasteiger partial charge is 0.462 e. The van der Waals surface area contributed by atoms with Gasteiger partial charge in [0.15, 0.2) is 6.10 Å². The van der Waals surface area contributed by atoms with Crippen molar-refractivity contribution in [1.82, 2.24) is 0 Å². The van der Waals surface area contributed by atoms with Crippen molar-refractivity contribution in [2.24, 2.45) is 0 Å². The molecule has 0 aliphatic carbocycles. The van der Waals surface area contributed by atoms with E-state index in [-0.39, 0.29) is 31.1 Å². The van der Waals surface area contributed by atoms with Gasteiger partial charge in [-0.1, -0.05) is 400 Å². The number of hydrogen-bond acceptors (Lipinski definition) is 6. The summed E-state index contributed by atoms with van der Waals surface area (Å²) in [4.78, 5) is 38.5. The van der Waals surface area contributed by atoms with Crippen LogP contribution in [0.3, 0.4) is 0 Å². The maximum Gasteiger partial charge on any atom is 0.306 e. The molecule has 1 atom stereocenters. The molecular weight excluding hydrogens is 985 g/mol. The Kier molecular flexibility index (Phi) is 68.5. The quantitative estimate of drug-likeness (QED) is 0.0343. The fourth-order valence-corrected chi connectivity index (χ4v) is 11.8. The molecule has 0 amide bonds. The van der Waals surface area contributed by atoms with Gasteiger partial charge in [0, 0.05) is 19.3 Å². The van der Waals surface area contributed by atoms with Crippen LogP contribution in [-0.2, 0) is 28.6 Å². The second-order valence-corrected chi connectivity index (χ2v) is 25.6. The molecule has 0 fully saturated rings. The van der Waals surface area contributed by atoms with Crippen LogP contribution < -0.4 is 0 Å². The molecule has 0 saturated carbocycles. The van der Waals surface area contributed by atoms with Crippen LogP contribution >= 0.6 is 0 Å². The lowest BCUT2D eigenvalue weighted by Gasteiger charge is -2.18. The van der Waals surface area contributed by atoms with Gasteiger partial charge in [0.25, 0.3) is 0 Å². The molecule has 476 valence electrons. The van der Waals surface area contributed by atoms with Crippen molar-refractivity contribution in [2.75, 3.05) is 13.2 Å². The lowest BCUT2D eigenvalue weighted by Crippen LogP contribution is -2.30. The molecule has 0 aromatic carbocycles. The average Bonchev–Trinajstić information content (AvgIpc) is 3.46. The molecule has 0 aliphatic heterocycles. The molecule has 0 radical (unpaired) electrons. The van der Waals surface area contributed by atoms with Gasteiger partial charge in [0.05, 0.1) is 0 Å². The normalized spacial score (nSPS) is 11.9. The minimum Gasteiger partial charge on any atom is -0.462 e. The van der Waals surface area contributed by atoms with E-state index in [9.17, 15) is 14.4 Å². The Morgan fingerprint density at radius 1 is 0.200 bits per heavy atom. The monoisotopic (exact) mass is 1130 g/mol. The Hall–Kier alpha value is -1.59. The van der Waals surface area contributed by atoms with Crippen molar-refractivity contribution in [3.8, 4) is 0 Å². The first-order chi connectivity index (χ1) is 39.5. The second-order valence-electron chi connectivity index (χ2n) is 25.6. The van der Waals surface area contributed by atoms with Crippen LogP contribution in [0.4, 0.5) is 0 Å². The highest BCUT2D eigenvalue weighted by atomic mass is 16.6. The van der Waals surface area contributed by atoms with E-state index in [1.54, 1.807) is 0 Å². The van der Waals surface area contributed by atoms with E-state index in [0.717, 1.165) is 57.8 Å². The first-order valence-corrected chi connectivity index (χ1v) is 37.0. The van der Waals surface area contributed by atoms with Gasteiger partial charge >= 0.3 is 17.9 Å². The molecule has 6 nitrogen and oxygen atoms in total. The standard InChI is InChI=1S/C74H144O6/c1-4-7-10-13-16-19-22-25-27-29-31-33-35-36-37-38-39-41-42-44-46-49-52-55-58-61-64-67-73(76)79-70-71(69-78-72(75)66-63-60-57-54-51-48-24-21-18-15-12-9-6-3)80-74(77)68-65-62-59-56-53-50-47-45-43-40-34-32-30-28-26-23-20-17-14-11-8-5-2/h71H,4-70H2,1-3H3. The van der Waals surface area contributed by atoms with E-state index in [2.05, 4.69) is 20.8 Å². The van der Waals surface area contributed by atoms with Crippen molar-refractivity contribution >= 4 is 17.9 Å². The lowest BCUT2D eigenvalue weighted by molar-refractivity contribution is -0.167. The highest BCUT2D eigenvalue weighted by Gasteiger charge is 2.20. The minimum absolute atomic E-state index is 0.0601. The predicted molar refractivity (Wildman–Crippen MR) is 349 cm³/mol. The summed E-state index contributed by atoms with van der Waals surface area (Å²) >= 11 is 0. The molecule has 6 heteroatoms. The zero-order valence-electron chi connectivity index (χ0n) is 54.9. The molecule has 0 aliphatic rings. The third kappa shape index (κ3) is 67.2. The van der Waals surface area contributed by atoms with Gasteiger partial charge in [-0.3, -0.25) is 14.4 Å². The number of rotatable bonds is 70. The summed E-state index contributed by atoms with van der Waals surface area (Å²) in [6.45, 7) is 6.75. The first kappa shape index (κ1) is 78.4. The number of unbranched alkanes of at least 4 members (excludes halogenated alkanes) is 59. The van der Waals surface area contributed by atoms with Gasteiger partial charge in [-0.2, -0.15) is 0 Å². The van der Waals surface area contributed by atoms with Crippen molar-refractivity contribution in [1.29, 1.82) is 0 Å². The van der Waals surface area contributed by atoms with Gasteiger partial charge in [0.1, 0.15) is 13.2 Å². The zero-order valence-corrected chi connectivity index (χ0v) is 54.9. The summed E-state index contributed by atoms with van der Waals surface area (Å²) in [6.07, 6.45) is 82.9. The molecule has 80 heavy (non-hydrogen) atoms. The van der Waals surface area contributed by atoms with Gasteiger partial charge in [-0.25, -0.2) is 0 Å². The fourth-order valence-electron chi connectivity index (χ4n) is 11.8. The molecule has 0 bridgehead atoms. The predicted octanol–water partition coefficient (Wildman–Crippen LogP) is 25.4. The fraction of sp³-hybridized carbons (Fsp3) is 0.959. The van der Waals surface area contributed by atoms with Crippen LogP contribution in [0.15, 0.2) is 0 Å². The van der Waals surface area contributed by atoms with E-state index in [1.807, 2.05) is 0 Å². The maximum atomic E-state index is 13.0. The molecular formula is C74H144O6. The van der Waals surface area contributed by atoms with E-state index in [1.165, 1.54) is 340 Å². The summed E-state index contributed by atoms with van der Waals surface area (Å²) < 4.78 is 17.0. The van der Waals surface area contributed by atoms with Crippen molar-refractivity contribution in [2.45, 2.75) is 444 Å². The topological polar surface area (TPSA) is 78.9 Å². The Morgan fingerprint density at radius 2 is 0.338 bits per heavy atom. The van der Waals surface area contributed by atoms with Crippen LogP contribution in [0.25, 0.3) is 0 Å². The molecule has 1 unspecified atom stereocenters. The van der Waals surface area contributed by atoms with Crippen LogP contribution in [0.2, 0.25) is 0 Å². The Labute approximate surface area is 501 Å². The van der Waals surface area contributed by atoms with Crippen molar-refractivity contribution < 1.29 is 28.6 Å². The van der Waals surface area contributed by atoms with E-state index < -0.39 is 6.10 Å². The summed E-state index contributed by atoms with van der Waals surface area (Å²) in [5.41, 5.74) is 0. The number of hydrogen-bond donors (Lipinski definition) is 0. The first-order valence-electron chi connectivity index (χ1n) is 37.0. The SMILES string of the molecule is CCCCCCCCCCCCCCCCCCCCCCCCCCCCCC(=O)OCC(COC(=O)CCCCCCCCCCCCCCC)OC(=O)CCCCCCCCCCCCCCCCCCCCCCCC. The van der Waals surface area contributed by atoms with Gasteiger partial charge in [-0.05, 0) is 19.3 Å². The van der Waals surface area contributed by atoms with Gasteiger partial charge in [0.2, 0.25) is 0 Å². The number of carbonyl (C=O) groups is 3. The summed E-state index contributed by atoms with van der Waals surface area (Å²) in [7, 11) is 0. The minimum atomic E-state index is -0.763. The number of carbonyl (C=O) groups excluding carboxylic acids is 3. The summed E-state index contributed by atoms with van der Waals surface area (Å²) in [5, 5.41) is 0. The van der Waals surface area contributed by atoms with E-state index >= 15 is 0 Å². The maximum absolute atomic E-state index is 13.0. The molecule has 0 spiro atoms. The zero-order chi connectivity index (χ0) is 57.8. The van der Waals surface area contributed by atoms with Gasteiger partial charge in [-0.15, -0.1) is 0 Å². The average molecular weight is 1130 g/mol. The third-order valence-corrected chi connectivity index (χ3v) is 17.4. The summed E-state index contributed by atoms with van der Waals surface area (Å²) in [6, 6.07) is 0. The van der Waals surface area contributed by atoms with Crippen molar-refractivity contribution in [3.05, 3.63) is 0 Å². The second kappa shape index (κ2) is 69.9. The molecule has 0 heterocycles. The highest BCUT2D eigenvalue weighted by molar-refractivity contribution is 5.71. The molecule has 0 aromatic rings. The lowest BCUT2D eigenvalue weighted by atomic mass is 10.0. The Bertz CT molecular complexity index is 1200. The smallest absolute Gasteiger partial charge is 0.306 e. The molecule has 0 rings (SSSR count). The number of ether oxygens (including phenoxy) is 3. The highest BCUT2D eigenvalue weighted by Crippen LogP contribution is 2.20. The van der Waals surface area contributed by atoms with E-state index in [4.69, 9.17) is 14.2 Å². The Morgan fingerprint density at radius 3 is 0.500 bits per heavy atom. The molecule has 0 aromatic heterocycles. The molecule has 0 saturated heterocycles. The van der Waals surface area contributed by atoms with Crippen molar-refractivity contribution in [3.63, 3.8) is 0 Å². The molecule has 0 N–H and O–H groups in total. The third-order valence-electron chi connectivity index (χ3n) is 17.4. The number of esters is 3. The van der Waals surface area contributed by atoms with Crippen LogP contribution in [0, 0.1) is 0 Å². The Balaban J connectivity index is 4.16. The summed E-state index contributed by atoms with van der Waals surface area (Å²) in [5.74, 6) is -0.818. The van der Waals surface area contributed by atoms with Crippen LogP contribution in [0.1, 0.15) is 438 Å².